The Balaban J connectivity index is 2.56. The van der Waals surface area contributed by atoms with Crippen LogP contribution in [0, 0.1) is 5.92 Å². The second-order valence-corrected chi connectivity index (χ2v) is 3.36. The van der Waals surface area contributed by atoms with E-state index in [0.29, 0.717) is 5.92 Å². The van der Waals surface area contributed by atoms with Crippen LogP contribution in [-0.2, 0) is 0 Å². The summed E-state index contributed by atoms with van der Waals surface area (Å²) in [5, 5.41) is 3.01. The lowest BCUT2D eigenvalue weighted by Gasteiger charge is -2.08. The van der Waals surface area contributed by atoms with Crippen molar-refractivity contribution in [1.29, 1.82) is 0 Å². The van der Waals surface area contributed by atoms with Gasteiger partial charge in [0, 0.05) is 13.1 Å². The lowest BCUT2D eigenvalue weighted by Crippen LogP contribution is -2.04. The molecule has 0 radical (unpaired) electrons. The van der Waals surface area contributed by atoms with Gasteiger partial charge in [0.2, 0.25) is 0 Å². The number of nitrogens with one attached hydrogen (secondary N) is 1. The summed E-state index contributed by atoms with van der Waals surface area (Å²) in [6.07, 6.45) is 3.49. The molecule has 0 bridgehead atoms. The van der Waals surface area contributed by atoms with Crippen molar-refractivity contribution in [2.24, 2.45) is 5.92 Å². The van der Waals surface area contributed by atoms with Crippen LogP contribution >= 0.6 is 0 Å². The van der Waals surface area contributed by atoms with Gasteiger partial charge in [-0.05, 0) is 5.92 Å². The summed E-state index contributed by atoms with van der Waals surface area (Å²) >= 11 is 0. The third-order valence-corrected chi connectivity index (χ3v) is 1.59. The molecule has 0 aliphatic rings. The van der Waals surface area contributed by atoms with Crippen LogP contribution in [0.4, 0.5) is 5.69 Å². The molecule has 1 aromatic heterocycles. The minimum absolute atomic E-state index is 0.540. The molecule has 0 atom stereocenters. The fraction of sp³-hybridized carbons (Fsp3) is 0.500. The molecule has 13 heavy (non-hydrogen) atoms. The lowest BCUT2D eigenvalue weighted by atomic mass is 10.2. The third kappa shape index (κ3) is 3.32. The van der Waals surface area contributed by atoms with E-state index >= 15 is 0 Å². The second-order valence-electron chi connectivity index (χ2n) is 3.36. The molecule has 0 aliphatic heterocycles. The second kappa shape index (κ2) is 4.70. The predicted octanol–water partition coefficient (Wildman–Crippen LogP) is 2.16. The Morgan fingerprint density at radius 2 is 2.23 bits per heavy atom. The van der Waals surface area contributed by atoms with Crippen molar-refractivity contribution in [3.05, 3.63) is 18.5 Å². The zero-order valence-corrected chi connectivity index (χ0v) is 8.37. The average Bonchev–Trinajstić information content (AvgIpc) is 2.15. The van der Waals surface area contributed by atoms with Gasteiger partial charge in [-0.15, -0.1) is 0 Å². The van der Waals surface area contributed by atoms with Crippen LogP contribution < -0.4 is 10.1 Å². The first-order valence-electron chi connectivity index (χ1n) is 4.48. The zero-order valence-electron chi connectivity index (χ0n) is 8.37. The molecule has 0 fully saturated rings. The number of hydrogen-bond donors (Lipinski definition) is 1. The minimum Gasteiger partial charge on any atom is -0.492 e. The molecular weight excluding hydrogens is 164 g/mol. The first-order valence-corrected chi connectivity index (χ1v) is 4.48. The number of ether oxygens (including phenoxy) is 1. The summed E-state index contributed by atoms with van der Waals surface area (Å²) in [7, 11) is 1.86. The Hall–Kier alpha value is -1.25. The number of hydrogen-bond acceptors (Lipinski definition) is 3. The molecule has 0 unspecified atom stereocenters. The molecule has 0 spiro atoms. The van der Waals surface area contributed by atoms with Gasteiger partial charge in [-0.25, -0.2) is 0 Å². The Labute approximate surface area is 79.1 Å². The van der Waals surface area contributed by atoms with Crippen molar-refractivity contribution in [3.8, 4) is 5.75 Å². The Morgan fingerprint density at radius 3 is 2.85 bits per heavy atom. The van der Waals surface area contributed by atoms with Gasteiger partial charge < -0.3 is 10.1 Å². The summed E-state index contributed by atoms with van der Waals surface area (Å²) in [6, 6.07) is 1.94. The van der Waals surface area contributed by atoms with Crippen LogP contribution in [0.25, 0.3) is 0 Å². The Kier molecular flexibility index (Phi) is 3.55. The minimum atomic E-state index is 0.540. The SMILES string of the molecule is CNc1cncc(OCC(C)C)c1. The summed E-state index contributed by atoms with van der Waals surface area (Å²) in [5.74, 6) is 1.36. The molecule has 0 saturated carbocycles. The standard InChI is InChI=1S/C10H16N2O/c1-8(2)7-13-10-4-9(11-3)5-12-6-10/h4-6,8,11H,7H2,1-3H3. The van der Waals surface area contributed by atoms with Crippen molar-refractivity contribution in [1.82, 2.24) is 4.98 Å². The molecule has 0 aliphatic carbocycles. The van der Waals surface area contributed by atoms with E-state index in [-0.39, 0.29) is 0 Å². The van der Waals surface area contributed by atoms with Crippen molar-refractivity contribution < 1.29 is 4.74 Å². The maximum atomic E-state index is 5.51. The monoisotopic (exact) mass is 180 g/mol. The summed E-state index contributed by atoms with van der Waals surface area (Å²) in [5.41, 5.74) is 0.973. The van der Waals surface area contributed by atoms with Gasteiger partial charge >= 0.3 is 0 Å². The van der Waals surface area contributed by atoms with Crippen LogP contribution in [-0.4, -0.2) is 18.6 Å². The van der Waals surface area contributed by atoms with Gasteiger partial charge in [-0.1, -0.05) is 13.8 Å². The van der Waals surface area contributed by atoms with Crippen molar-refractivity contribution in [2.75, 3.05) is 19.0 Å². The Morgan fingerprint density at radius 1 is 1.46 bits per heavy atom. The molecule has 1 aromatic rings. The molecule has 1 heterocycles. The highest BCUT2D eigenvalue weighted by atomic mass is 16.5. The number of aromatic nitrogens is 1. The maximum absolute atomic E-state index is 5.51. The summed E-state index contributed by atoms with van der Waals surface area (Å²) < 4.78 is 5.51. The average molecular weight is 180 g/mol. The van der Waals surface area contributed by atoms with E-state index in [9.17, 15) is 0 Å². The summed E-state index contributed by atoms with van der Waals surface area (Å²) in [4.78, 5) is 4.05. The van der Waals surface area contributed by atoms with Gasteiger partial charge in [-0.3, -0.25) is 4.98 Å². The van der Waals surface area contributed by atoms with E-state index in [0.717, 1.165) is 18.0 Å². The Bertz CT molecular complexity index is 261. The van der Waals surface area contributed by atoms with E-state index in [1.807, 2.05) is 13.1 Å². The number of rotatable bonds is 4. The van der Waals surface area contributed by atoms with Crippen molar-refractivity contribution >= 4 is 5.69 Å². The van der Waals surface area contributed by atoms with Crippen LogP contribution in [0.5, 0.6) is 5.75 Å². The smallest absolute Gasteiger partial charge is 0.139 e. The molecule has 0 aromatic carbocycles. The van der Waals surface area contributed by atoms with Gasteiger partial charge in [0.05, 0.1) is 24.7 Å². The van der Waals surface area contributed by atoms with E-state index < -0.39 is 0 Å². The molecule has 3 nitrogen and oxygen atoms in total. The topological polar surface area (TPSA) is 34.2 Å². The molecule has 3 heteroatoms. The molecule has 1 N–H and O–H groups in total. The van der Waals surface area contributed by atoms with Gasteiger partial charge in [0.15, 0.2) is 0 Å². The van der Waals surface area contributed by atoms with E-state index in [2.05, 4.69) is 24.1 Å². The quantitative estimate of drug-likeness (QED) is 0.771. The van der Waals surface area contributed by atoms with Gasteiger partial charge in [0.1, 0.15) is 5.75 Å². The highest BCUT2D eigenvalue weighted by Gasteiger charge is 1.98. The molecule has 0 amide bonds. The first-order chi connectivity index (χ1) is 6.22. The fourth-order valence-corrected chi connectivity index (χ4v) is 0.897. The van der Waals surface area contributed by atoms with Crippen LogP contribution in [0.2, 0.25) is 0 Å². The van der Waals surface area contributed by atoms with Crippen LogP contribution in [0.3, 0.4) is 0 Å². The molecular formula is C10H16N2O. The van der Waals surface area contributed by atoms with E-state index in [1.165, 1.54) is 0 Å². The summed E-state index contributed by atoms with van der Waals surface area (Å²) in [6.45, 7) is 4.97. The fourth-order valence-electron chi connectivity index (χ4n) is 0.897. The van der Waals surface area contributed by atoms with Crippen LogP contribution in [0.15, 0.2) is 18.5 Å². The number of pyridine rings is 1. The first kappa shape index (κ1) is 9.84. The highest BCUT2D eigenvalue weighted by molar-refractivity contribution is 5.44. The molecule has 0 saturated heterocycles. The molecule has 72 valence electrons. The van der Waals surface area contributed by atoms with Gasteiger partial charge in [0.25, 0.3) is 0 Å². The largest absolute Gasteiger partial charge is 0.492 e. The normalized spacial score (nSPS) is 10.2. The van der Waals surface area contributed by atoms with Crippen molar-refractivity contribution in [3.63, 3.8) is 0 Å². The third-order valence-electron chi connectivity index (χ3n) is 1.59. The van der Waals surface area contributed by atoms with Crippen molar-refractivity contribution in [2.45, 2.75) is 13.8 Å². The van der Waals surface area contributed by atoms with Crippen LogP contribution in [0.1, 0.15) is 13.8 Å². The highest BCUT2D eigenvalue weighted by Crippen LogP contribution is 2.15. The number of nitrogens with zero attached hydrogens (tertiary/aromatic N) is 1. The zero-order chi connectivity index (χ0) is 9.68. The number of anilines is 1. The maximum Gasteiger partial charge on any atom is 0.139 e. The molecule has 1 rings (SSSR count). The predicted molar refractivity (Wildman–Crippen MR) is 54.1 cm³/mol. The van der Waals surface area contributed by atoms with E-state index in [1.54, 1.807) is 12.4 Å². The van der Waals surface area contributed by atoms with E-state index in [4.69, 9.17) is 4.74 Å². The lowest BCUT2D eigenvalue weighted by molar-refractivity contribution is 0.270. The van der Waals surface area contributed by atoms with Gasteiger partial charge in [-0.2, -0.15) is 0 Å².